The van der Waals surface area contributed by atoms with E-state index in [4.69, 9.17) is 11.6 Å². The molecule has 0 aliphatic carbocycles. The molecule has 2 unspecified atom stereocenters. The first kappa shape index (κ1) is 25.7. The fourth-order valence-corrected chi connectivity index (χ4v) is 4.34. The number of benzene rings is 1. The molecule has 0 amide bonds. The summed E-state index contributed by atoms with van der Waals surface area (Å²) in [6, 6.07) is 12.7. The van der Waals surface area contributed by atoms with Gasteiger partial charge in [0.2, 0.25) is 0 Å². The van der Waals surface area contributed by atoms with E-state index in [1.54, 1.807) is 0 Å². The quantitative estimate of drug-likeness (QED) is 0.318. The molecular weight excluding hydrogens is 523 g/mol. The third-order valence-electron chi connectivity index (χ3n) is 5.68. The molecule has 0 spiro atoms. The number of nitrogens with one attached hydrogen (secondary N) is 2. The average molecular weight is 557 g/mol. The van der Waals surface area contributed by atoms with Gasteiger partial charge in [-0.15, -0.1) is 24.0 Å². The summed E-state index contributed by atoms with van der Waals surface area (Å²) in [4.78, 5) is 13.2. The lowest BCUT2D eigenvalue weighted by molar-refractivity contribution is 0.122. The SMILES string of the molecule is CN=C(NCc1ccnc(N(C)C)c1)NCC1CCCN(C)C1c1cccc(Cl)c1.I. The largest absolute Gasteiger partial charge is 0.363 e. The number of piperidine rings is 1. The zero-order valence-corrected chi connectivity index (χ0v) is 21.9. The highest BCUT2D eigenvalue weighted by molar-refractivity contribution is 14.0. The Bertz CT molecular complexity index is 859. The Kier molecular flexibility index (Phi) is 10.3. The Morgan fingerprint density at radius 1 is 1.26 bits per heavy atom. The van der Waals surface area contributed by atoms with Crippen LogP contribution < -0.4 is 15.5 Å². The van der Waals surface area contributed by atoms with E-state index in [2.05, 4.69) is 50.8 Å². The molecule has 1 aromatic heterocycles. The van der Waals surface area contributed by atoms with Crippen LogP contribution in [0.2, 0.25) is 5.02 Å². The number of anilines is 1. The van der Waals surface area contributed by atoms with Crippen molar-refractivity contribution in [3.8, 4) is 0 Å². The van der Waals surface area contributed by atoms with Gasteiger partial charge in [-0.1, -0.05) is 23.7 Å². The van der Waals surface area contributed by atoms with Gasteiger partial charge in [0.1, 0.15) is 5.82 Å². The van der Waals surface area contributed by atoms with E-state index in [9.17, 15) is 0 Å². The van der Waals surface area contributed by atoms with Gasteiger partial charge in [-0.2, -0.15) is 0 Å². The Morgan fingerprint density at radius 3 is 2.77 bits per heavy atom. The minimum atomic E-state index is 0. The molecule has 1 aromatic carbocycles. The van der Waals surface area contributed by atoms with Crippen molar-refractivity contribution < 1.29 is 0 Å². The summed E-state index contributed by atoms with van der Waals surface area (Å²) in [6.07, 6.45) is 4.23. The highest BCUT2D eigenvalue weighted by atomic mass is 127. The van der Waals surface area contributed by atoms with Crippen LogP contribution >= 0.6 is 35.6 Å². The van der Waals surface area contributed by atoms with E-state index in [0.29, 0.717) is 18.5 Å². The molecule has 0 bridgehead atoms. The second-order valence-electron chi connectivity index (χ2n) is 8.11. The van der Waals surface area contributed by atoms with Crippen molar-refractivity contribution >= 4 is 47.4 Å². The Labute approximate surface area is 208 Å². The molecule has 3 rings (SSSR count). The van der Waals surface area contributed by atoms with Gasteiger partial charge < -0.3 is 15.5 Å². The van der Waals surface area contributed by atoms with Crippen molar-refractivity contribution in [2.24, 2.45) is 10.9 Å². The van der Waals surface area contributed by atoms with Crippen LogP contribution in [0.1, 0.15) is 30.0 Å². The van der Waals surface area contributed by atoms with Crippen LogP contribution in [0.4, 0.5) is 5.82 Å². The molecule has 8 heteroatoms. The number of nitrogens with zero attached hydrogens (tertiary/aromatic N) is 4. The van der Waals surface area contributed by atoms with Crippen molar-refractivity contribution in [1.82, 2.24) is 20.5 Å². The molecule has 0 radical (unpaired) electrons. The number of hydrogen-bond acceptors (Lipinski definition) is 4. The zero-order valence-electron chi connectivity index (χ0n) is 18.8. The second-order valence-corrected chi connectivity index (χ2v) is 8.54. The summed E-state index contributed by atoms with van der Waals surface area (Å²) < 4.78 is 0. The van der Waals surface area contributed by atoms with E-state index < -0.39 is 0 Å². The summed E-state index contributed by atoms with van der Waals surface area (Å²) in [5.74, 6) is 2.25. The number of likely N-dealkylation sites (tertiary alicyclic amines) is 1. The van der Waals surface area contributed by atoms with Crippen LogP contribution in [0.15, 0.2) is 47.6 Å². The fraction of sp³-hybridized carbons (Fsp3) is 0.478. The van der Waals surface area contributed by atoms with E-state index in [1.807, 2.05) is 50.4 Å². The summed E-state index contributed by atoms with van der Waals surface area (Å²) in [5.41, 5.74) is 2.46. The molecule has 1 aliphatic heterocycles. The minimum absolute atomic E-state index is 0. The first-order valence-corrected chi connectivity index (χ1v) is 10.9. The Hall–Kier alpha value is -1.58. The summed E-state index contributed by atoms with van der Waals surface area (Å²) in [6.45, 7) is 2.67. The molecule has 6 nitrogen and oxygen atoms in total. The van der Waals surface area contributed by atoms with Crippen LogP contribution in [-0.4, -0.2) is 57.1 Å². The number of aliphatic imine (C=N–C) groups is 1. The van der Waals surface area contributed by atoms with Gasteiger partial charge >= 0.3 is 0 Å². The number of pyridine rings is 1. The molecule has 1 fully saturated rings. The van der Waals surface area contributed by atoms with E-state index in [0.717, 1.165) is 29.9 Å². The Morgan fingerprint density at radius 2 is 2.06 bits per heavy atom. The van der Waals surface area contributed by atoms with Gasteiger partial charge in [-0.05, 0) is 67.7 Å². The molecule has 2 atom stereocenters. The van der Waals surface area contributed by atoms with Crippen LogP contribution in [0.25, 0.3) is 0 Å². The van der Waals surface area contributed by atoms with Gasteiger partial charge in [0.15, 0.2) is 5.96 Å². The number of halogens is 2. The van der Waals surface area contributed by atoms with Crippen molar-refractivity contribution in [3.63, 3.8) is 0 Å². The van der Waals surface area contributed by atoms with E-state index in [-0.39, 0.29) is 24.0 Å². The first-order valence-electron chi connectivity index (χ1n) is 10.5. The lowest BCUT2D eigenvalue weighted by Crippen LogP contribution is -2.44. The van der Waals surface area contributed by atoms with Gasteiger partial charge in [-0.25, -0.2) is 4.98 Å². The van der Waals surface area contributed by atoms with Gasteiger partial charge in [0.05, 0.1) is 0 Å². The van der Waals surface area contributed by atoms with Crippen molar-refractivity contribution in [3.05, 3.63) is 58.7 Å². The maximum absolute atomic E-state index is 6.27. The van der Waals surface area contributed by atoms with Crippen molar-refractivity contribution in [1.29, 1.82) is 0 Å². The highest BCUT2D eigenvalue weighted by Crippen LogP contribution is 2.35. The number of rotatable bonds is 6. The third kappa shape index (κ3) is 7.22. The smallest absolute Gasteiger partial charge is 0.191 e. The number of hydrogen-bond donors (Lipinski definition) is 2. The maximum Gasteiger partial charge on any atom is 0.191 e. The predicted molar refractivity (Wildman–Crippen MR) is 142 cm³/mol. The highest BCUT2D eigenvalue weighted by Gasteiger charge is 2.30. The zero-order chi connectivity index (χ0) is 21.5. The topological polar surface area (TPSA) is 55.8 Å². The predicted octanol–water partition coefficient (Wildman–Crippen LogP) is 4.17. The number of guanidine groups is 1. The van der Waals surface area contributed by atoms with E-state index in [1.165, 1.54) is 24.0 Å². The molecule has 170 valence electrons. The lowest BCUT2D eigenvalue weighted by atomic mass is 9.85. The summed E-state index contributed by atoms with van der Waals surface area (Å²) in [5, 5.41) is 7.76. The van der Waals surface area contributed by atoms with E-state index >= 15 is 0 Å². The molecule has 1 saturated heterocycles. The minimum Gasteiger partial charge on any atom is -0.363 e. The molecule has 2 N–H and O–H groups in total. The van der Waals surface area contributed by atoms with Crippen molar-refractivity contribution in [2.75, 3.05) is 46.2 Å². The standard InChI is InChI=1S/C23H33ClN6.HI/c1-25-23(27-15-17-10-11-26-21(13-17)29(2)3)28-16-19-8-6-12-30(4)22(19)18-7-5-9-20(24)14-18;/h5,7,9-11,13-14,19,22H,6,8,12,15-16H2,1-4H3,(H2,25,27,28);1H. The second kappa shape index (κ2) is 12.5. The van der Waals surface area contributed by atoms with Gasteiger partial charge in [-0.3, -0.25) is 9.89 Å². The van der Waals surface area contributed by atoms with Gasteiger partial charge in [0, 0.05) is 51.5 Å². The normalized spacial score (nSPS) is 19.5. The average Bonchev–Trinajstić information content (AvgIpc) is 2.74. The number of aromatic nitrogens is 1. The van der Waals surface area contributed by atoms with Crippen LogP contribution in [0.5, 0.6) is 0 Å². The fourth-order valence-electron chi connectivity index (χ4n) is 4.14. The molecule has 1 aliphatic rings. The Balaban J connectivity index is 0.00000341. The summed E-state index contributed by atoms with van der Waals surface area (Å²) in [7, 11) is 8.01. The molecular formula is C23H34ClIN6. The van der Waals surface area contributed by atoms with Crippen LogP contribution in [-0.2, 0) is 6.54 Å². The van der Waals surface area contributed by atoms with Crippen molar-refractivity contribution in [2.45, 2.75) is 25.4 Å². The van der Waals surface area contributed by atoms with Crippen LogP contribution in [0.3, 0.4) is 0 Å². The molecule has 31 heavy (non-hydrogen) atoms. The monoisotopic (exact) mass is 556 g/mol. The first-order chi connectivity index (χ1) is 14.5. The maximum atomic E-state index is 6.27. The molecule has 2 aromatic rings. The molecule has 0 saturated carbocycles. The third-order valence-corrected chi connectivity index (χ3v) is 5.92. The van der Waals surface area contributed by atoms with Gasteiger partial charge in [0.25, 0.3) is 0 Å². The molecule has 2 heterocycles. The summed E-state index contributed by atoms with van der Waals surface area (Å²) >= 11 is 6.27. The van der Waals surface area contributed by atoms with Crippen LogP contribution in [0, 0.1) is 5.92 Å². The lowest BCUT2D eigenvalue weighted by Gasteiger charge is -2.40.